The maximum absolute atomic E-state index is 15.0. The van der Waals surface area contributed by atoms with Crippen LogP contribution in [0.4, 0.5) is 29.2 Å². The van der Waals surface area contributed by atoms with Crippen molar-refractivity contribution in [2.24, 2.45) is 0 Å². The molecular weight excluding hydrogens is 564 g/mol. The third-order valence-corrected chi connectivity index (χ3v) is 7.32. The van der Waals surface area contributed by atoms with Crippen LogP contribution in [0.3, 0.4) is 0 Å². The summed E-state index contributed by atoms with van der Waals surface area (Å²) in [5.74, 6) is -6.77. The predicted octanol–water partition coefficient (Wildman–Crippen LogP) is 4.96. The fourth-order valence-corrected chi connectivity index (χ4v) is 5.45. The van der Waals surface area contributed by atoms with Crippen LogP contribution in [0.25, 0.3) is 11.3 Å². The van der Waals surface area contributed by atoms with E-state index >= 15 is 4.39 Å². The fraction of sp³-hybridized carbons (Fsp3) is 0.222. The molecule has 14 heteroatoms. The number of aromatic nitrogens is 3. The molecule has 0 amide bonds. The van der Waals surface area contributed by atoms with Crippen molar-refractivity contribution in [2.45, 2.75) is 24.1 Å². The smallest absolute Gasteiger partial charge is 0.262 e. The Bertz CT molecular complexity index is 1640. The molecule has 4 aromatic rings. The normalized spacial score (nSPS) is 16.6. The minimum Gasteiger partial charge on any atom is -0.435 e. The van der Waals surface area contributed by atoms with Crippen LogP contribution >= 0.6 is 0 Å². The first kappa shape index (κ1) is 28.2. The lowest BCUT2D eigenvalue weighted by molar-refractivity contribution is -0.0244. The number of nitrogens with zero attached hydrogens (tertiary/aromatic N) is 3. The molecule has 214 valence electrons. The van der Waals surface area contributed by atoms with Crippen molar-refractivity contribution in [3.8, 4) is 22.9 Å². The van der Waals surface area contributed by atoms with Gasteiger partial charge in [-0.25, -0.2) is 36.5 Å². The lowest BCUT2D eigenvalue weighted by atomic mass is 10.0. The first-order chi connectivity index (χ1) is 19.6. The molecule has 0 aliphatic carbocycles. The molecule has 1 saturated heterocycles. The summed E-state index contributed by atoms with van der Waals surface area (Å²) >= 11 is 0. The van der Waals surface area contributed by atoms with E-state index in [0.29, 0.717) is 12.1 Å². The van der Waals surface area contributed by atoms with Crippen molar-refractivity contribution in [1.29, 1.82) is 0 Å². The van der Waals surface area contributed by atoms with E-state index in [4.69, 9.17) is 4.74 Å². The lowest BCUT2D eigenvalue weighted by Crippen LogP contribution is -2.49. The Morgan fingerprint density at radius 3 is 2.56 bits per heavy atom. The van der Waals surface area contributed by atoms with Gasteiger partial charge in [0.2, 0.25) is 27.7 Å². The zero-order valence-corrected chi connectivity index (χ0v) is 22.1. The van der Waals surface area contributed by atoms with Crippen LogP contribution in [0.1, 0.15) is 12.0 Å². The summed E-state index contributed by atoms with van der Waals surface area (Å²) in [6.45, 7) is -0.103. The summed E-state index contributed by atoms with van der Waals surface area (Å²) in [6.07, 6.45) is 2.39. The number of alkyl halides is 2. The second-order valence-corrected chi connectivity index (χ2v) is 11.1. The van der Waals surface area contributed by atoms with Gasteiger partial charge in [-0.15, -0.1) is 0 Å². The van der Waals surface area contributed by atoms with E-state index < -0.39 is 63.8 Å². The number of hydrogen-bond acceptors (Lipinski definition) is 8. The summed E-state index contributed by atoms with van der Waals surface area (Å²) in [6, 6.07) is 14.4. The standard InChI is InChI=1S/C27H24F4N6O3S/c28-23-21(37-41(38,39)15-17-5-2-1-3-6-17)8-9-22(24(23)29)40-25-19(7-4-11-33-25)20-10-12-34-26(36-20)35-18-13-27(30,31)16-32-14-18/h1-12,18,32,37H,13-16H2,(H,34,35,36). The quantitative estimate of drug-likeness (QED) is 0.235. The van der Waals surface area contributed by atoms with Crippen LogP contribution in [0.2, 0.25) is 0 Å². The number of nitrogens with one attached hydrogen (secondary N) is 3. The van der Waals surface area contributed by atoms with Crippen molar-refractivity contribution in [3.05, 3.63) is 90.3 Å². The average molecular weight is 589 g/mol. The second kappa shape index (κ2) is 11.7. The van der Waals surface area contributed by atoms with Gasteiger partial charge in [-0.3, -0.25) is 4.72 Å². The van der Waals surface area contributed by atoms with Gasteiger partial charge in [0.1, 0.15) is 0 Å². The van der Waals surface area contributed by atoms with Gasteiger partial charge in [-0.1, -0.05) is 30.3 Å². The monoisotopic (exact) mass is 588 g/mol. The van der Waals surface area contributed by atoms with Crippen molar-refractivity contribution in [1.82, 2.24) is 20.3 Å². The van der Waals surface area contributed by atoms with E-state index in [-0.39, 0.29) is 23.1 Å². The number of sulfonamides is 1. The SMILES string of the molecule is O=S(=O)(Cc1ccccc1)Nc1ccc(Oc2ncccc2-c2ccnc(NC3CNCC(F)(F)C3)n2)c(F)c1F. The maximum atomic E-state index is 15.0. The van der Waals surface area contributed by atoms with E-state index in [0.717, 1.165) is 12.1 Å². The molecule has 0 radical (unpaired) electrons. The maximum Gasteiger partial charge on any atom is 0.262 e. The van der Waals surface area contributed by atoms with Crippen LogP contribution in [0.15, 0.2) is 73.1 Å². The summed E-state index contributed by atoms with van der Waals surface area (Å²) in [7, 11) is -4.04. The molecule has 3 heterocycles. The molecule has 1 atom stereocenters. The van der Waals surface area contributed by atoms with Gasteiger partial charge < -0.3 is 15.4 Å². The Balaban J connectivity index is 1.34. The summed E-state index contributed by atoms with van der Waals surface area (Å²) in [5.41, 5.74) is 0.464. The minimum absolute atomic E-state index is 0.0890. The van der Waals surface area contributed by atoms with Crippen LogP contribution < -0.4 is 20.1 Å². The molecule has 5 rings (SSSR count). The van der Waals surface area contributed by atoms with Gasteiger partial charge in [-0.05, 0) is 35.9 Å². The molecule has 2 aromatic carbocycles. The van der Waals surface area contributed by atoms with Gasteiger partial charge in [0.05, 0.1) is 29.2 Å². The van der Waals surface area contributed by atoms with Crippen molar-refractivity contribution in [2.75, 3.05) is 23.1 Å². The Morgan fingerprint density at radius 2 is 1.78 bits per heavy atom. The Hall–Kier alpha value is -4.30. The van der Waals surface area contributed by atoms with Gasteiger partial charge in [0.25, 0.3) is 5.92 Å². The molecular formula is C27H24F4N6O3S. The highest BCUT2D eigenvalue weighted by Crippen LogP contribution is 2.34. The number of ether oxygens (including phenoxy) is 1. The van der Waals surface area contributed by atoms with E-state index in [2.05, 4.69) is 30.3 Å². The molecule has 1 unspecified atom stereocenters. The van der Waals surface area contributed by atoms with E-state index in [1.54, 1.807) is 42.5 Å². The number of piperidine rings is 1. The van der Waals surface area contributed by atoms with E-state index in [1.807, 2.05) is 0 Å². The molecule has 1 fully saturated rings. The molecule has 1 aliphatic heterocycles. The molecule has 3 N–H and O–H groups in total. The zero-order valence-electron chi connectivity index (χ0n) is 21.3. The number of pyridine rings is 1. The van der Waals surface area contributed by atoms with Crippen molar-refractivity contribution in [3.63, 3.8) is 0 Å². The van der Waals surface area contributed by atoms with E-state index in [1.165, 1.54) is 18.5 Å². The van der Waals surface area contributed by atoms with E-state index in [9.17, 15) is 21.6 Å². The van der Waals surface area contributed by atoms with Crippen LogP contribution in [0.5, 0.6) is 11.6 Å². The number of rotatable bonds is 9. The molecule has 0 saturated carbocycles. The highest BCUT2D eigenvalue weighted by atomic mass is 32.2. The molecule has 0 bridgehead atoms. The second-order valence-electron chi connectivity index (χ2n) is 9.34. The molecule has 1 aliphatic rings. The molecule has 2 aromatic heterocycles. The Morgan fingerprint density at radius 1 is 0.976 bits per heavy atom. The first-order valence-corrected chi connectivity index (χ1v) is 14.1. The van der Waals surface area contributed by atoms with Crippen LogP contribution in [-0.2, 0) is 15.8 Å². The number of halogens is 4. The highest BCUT2D eigenvalue weighted by molar-refractivity contribution is 7.91. The lowest BCUT2D eigenvalue weighted by Gasteiger charge is -2.30. The van der Waals surface area contributed by atoms with Crippen LogP contribution in [0, 0.1) is 11.6 Å². The largest absolute Gasteiger partial charge is 0.435 e. The molecule has 41 heavy (non-hydrogen) atoms. The number of anilines is 2. The fourth-order valence-electron chi connectivity index (χ4n) is 4.25. The third kappa shape index (κ3) is 7.08. The summed E-state index contributed by atoms with van der Waals surface area (Å²) in [5, 5.41) is 5.54. The Kier molecular flexibility index (Phi) is 8.03. The minimum atomic E-state index is -4.04. The Labute approximate surface area is 233 Å². The average Bonchev–Trinajstić information content (AvgIpc) is 2.93. The van der Waals surface area contributed by atoms with Crippen molar-refractivity contribution < 1.29 is 30.7 Å². The number of benzene rings is 2. The van der Waals surface area contributed by atoms with Crippen LogP contribution in [-0.4, -0.2) is 48.4 Å². The van der Waals surface area contributed by atoms with Gasteiger partial charge in [0, 0.05) is 31.4 Å². The summed E-state index contributed by atoms with van der Waals surface area (Å²) < 4.78 is 90.1. The topological polar surface area (TPSA) is 118 Å². The predicted molar refractivity (Wildman–Crippen MR) is 144 cm³/mol. The van der Waals surface area contributed by atoms with Crippen molar-refractivity contribution >= 4 is 21.7 Å². The summed E-state index contributed by atoms with van der Waals surface area (Å²) in [4.78, 5) is 12.5. The highest BCUT2D eigenvalue weighted by Gasteiger charge is 2.36. The molecule has 9 nitrogen and oxygen atoms in total. The third-order valence-electron chi connectivity index (χ3n) is 6.07. The zero-order chi connectivity index (χ0) is 29.0. The van der Waals surface area contributed by atoms with Gasteiger partial charge in [-0.2, -0.15) is 4.39 Å². The van der Waals surface area contributed by atoms with Gasteiger partial charge in [0.15, 0.2) is 11.6 Å². The number of hydrogen-bond donors (Lipinski definition) is 3. The van der Waals surface area contributed by atoms with Gasteiger partial charge >= 0.3 is 0 Å². The first-order valence-electron chi connectivity index (χ1n) is 12.4. The molecule has 0 spiro atoms.